The van der Waals surface area contributed by atoms with Crippen LogP contribution in [0.4, 0.5) is 4.39 Å². The fraction of sp³-hybridized carbons (Fsp3) is 0.647. The van der Waals surface area contributed by atoms with E-state index < -0.39 is 0 Å². The fourth-order valence-electron chi connectivity index (χ4n) is 3.11. The fourth-order valence-corrected chi connectivity index (χ4v) is 3.11. The second-order valence-electron chi connectivity index (χ2n) is 5.99. The summed E-state index contributed by atoms with van der Waals surface area (Å²) < 4.78 is 13.1. The highest BCUT2D eigenvalue weighted by molar-refractivity contribution is 5.26. The van der Waals surface area contributed by atoms with Gasteiger partial charge < -0.3 is 5.32 Å². The van der Waals surface area contributed by atoms with E-state index in [1.54, 1.807) is 12.1 Å². The van der Waals surface area contributed by atoms with Gasteiger partial charge in [0.15, 0.2) is 0 Å². The van der Waals surface area contributed by atoms with Crippen molar-refractivity contribution in [3.05, 3.63) is 35.1 Å². The van der Waals surface area contributed by atoms with Crippen molar-refractivity contribution in [2.45, 2.75) is 65.0 Å². The minimum Gasteiger partial charge on any atom is -0.310 e. The third-order valence-electron chi connectivity index (χ3n) is 4.53. The van der Waals surface area contributed by atoms with E-state index in [0.29, 0.717) is 6.04 Å². The van der Waals surface area contributed by atoms with Gasteiger partial charge in [-0.05, 0) is 55.9 Å². The van der Waals surface area contributed by atoms with Gasteiger partial charge in [0, 0.05) is 12.6 Å². The van der Waals surface area contributed by atoms with E-state index in [-0.39, 0.29) is 5.82 Å². The third-order valence-corrected chi connectivity index (χ3v) is 4.53. The summed E-state index contributed by atoms with van der Waals surface area (Å²) in [5.74, 6) is 0.668. The lowest BCUT2D eigenvalue weighted by molar-refractivity contribution is 0.336. The molecule has 1 aromatic carbocycles. The highest BCUT2D eigenvalue weighted by atomic mass is 19.1. The van der Waals surface area contributed by atoms with Gasteiger partial charge in [-0.1, -0.05) is 31.7 Å². The Kier molecular flexibility index (Phi) is 5.38. The lowest BCUT2D eigenvalue weighted by Gasteiger charge is -2.24. The van der Waals surface area contributed by atoms with Crippen LogP contribution in [0.3, 0.4) is 0 Å². The molecule has 0 aliphatic heterocycles. The van der Waals surface area contributed by atoms with Crippen molar-refractivity contribution in [1.29, 1.82) is 0 Å². The molecule has 1 aliphatic rings. The summed E-state index contributed by atoms with van der Waals surface area (Å²) in [5.41, 5.74) is 2.25. The molecule has 2 heteroatoms. The summed E-state index contributed by atoms with van der Waals surface area (Å²) in [6.45, 7) is 5.13. The first-order valence-electron chi connectivity index (χ1n) is 7.65. The van der Waals surface area contributed by atoms with E-state index in [4.69, 9.17) is 0 Å². The molecule has 1 saturated carbocycles. The zero-order valence-corrected chi connectivity index (χ0v) is 12.2. The smallest absolute Gasteiger partial charge is 0.123 e. The average molecular weight is 263 g/mol. The van der Waals surface area contributed by atoms with Crippen LogP contribution in [0.25, 0.3) is 0 Å². The standard InChI is InChI=1S/C17H26FN/c1-13-11-17(18)10-9-16(13)12-19-14(2)15-7-5-3-4-6-8-15/h9-11,14-15,19H,3-8,12H2,1-2H3/t14-/m0/s1. The lowest BCUT2D eigenvalue weighted by Crippen LogP contribution is -2.33. The number of benzene rings is 1. The van der Waals surface area contributed by atoms with Crippen LogP contribution >= 0.6 is 0 Å². The first kappa shape index (κ1) is 14.5. The highest BCUT2D eigenvalue weighted by Crippen LogP contribution is 2.25. The van der Waals surface area contributed by atoms with Crippen LogP contribution in [-0.4, -0.2) is 6.04 Å². The maximum atomic E-state index is 13.1. The molecular weight excluding hydrogens is 237 g/mol. The summed E-state index contributed by atoms with van der Waals surface area (Å²) in [6, 6.07) is 5.63. The molecule has 1 N–H and O–H groups in total. The molecule has 0 heterocycles. The van der Waals surface area contributed by atoms with Crippen molar-refractivity contribution in [1.82, 2.24) is 5.32 Å². The molecule has 0 aromatic heterocycles. The second-order valence-corrected chi connectivity index (χ2v) is 5.99. The Bertz CT molecular complexity index is 394. The Morgan fingerprint density at radius 2 is 1.89 bits per heavy atom. The zero-order chi connectivity index (χ0) is 13.7. The van der Waals surface area contributed by atoms with Gasteiger partial charge in [-0.25, -0.2) is 4.39 Å². The Morgan fingerprint density at radius 3 is 2.53 bits per heavy atom. The number of halogens is 1. The Morgan fingerprint density at radius 1 is 1.21 bits per heavy atom. The van der Waals surface area contributed by atoms with Gasteiger partial charge in [-0.2, -0.15) is 0 Å². The van der Waals surface area contributed by atoms with Gasteiger partial charge in [0.1, 0.15) is 5.82 Å². The summed E-state index contributed by atoms with van der Waals surface area (Å²) in [4.78, 5) is 0. The van der Waals surface area contributed by atoms with Crippen molar-refractivity contribution < 1.29 is 4.39 Å². The van der Waals surface area contributed by atoms with E-state index in [0.717, 1.165) is 18.0 Å². The quantitative estimate of drug-likeness (QED) is 0.784. The molecule has 1 atom stereocenters. The molecule has 0 radical (unpaired) electrons. The molecule has 0 unspecified atom stereocenters. The molecule has 1 aromatic rings. The molecule has 0 bridgehead atoms. The third kappa shape index (κ3) is 4.31. The molecule has 106 valence electrons. The maximum absolute atomic E-state index is 13.1. The van der Waals surface area contributed by atoms with Gasteiger partial charge in [-0.3, -0.25) is 0 Å². The molecule has 1 fully saturated rings. The van der Waals surface area contributed by atoms with Crippen LogP contribution in [0.2, 0.25) is 0 Å². The Labute approximate surface area is 116 Å². The van der Waals surface area contributed by atoms with Gasteiger partial charge in [0.05, 0.1) is 0 Å². The largest absolute Gasteiger partial charge is 0.310 e. The predicted molar refractivity (Wildman–Crippen MR) is 78.6 cm³/mol. The second kappa shape index (κ2) is 7.04. The maximum Gasteiger partial charge on any atom is 0.123 e. The zero-order valence-electron chi connectivity index (χ0n) is 12.2. The first-order chi connectivity index (χ1) is 9.16. The highest BCUT2D eigenvalue weighted by Gasteiger charge is 2.18. The minimum atomic E-state index is -0.141. The average Bonchev–Trinajstić information content (AvgIpc) is 2.66. The molecule has 1 aliphatic carbocycles. The molecular formula is C17H26FN. The SMILES string of the molecule is Cc1cc(F)ccc1CN[C@@H](C)C1CCCCCC1. The van der Waals surface area contributed by atoms with Crippen LogP contribution in [0, 0.1) is 18.7 Å². The van der Waals surface area contributed by atoms with Crippen LogP contribution in [-0.2, 0) is 6.54 Å². The lowest BCUT2D eigenvalue weighted by atomic mass is 9.93. The monoisotopic (exact) mass is 263 g/mol. The van der Waals surface area contributed by atoms with Gasteiger partial charge >= 0.3 is 0 Å². The summed E-state index contributed by atoms with van der Waals surface area (Å²) in [5, 5.41) is 3.63. The topological polar surface area (TPSA) is 12.0 Å². The van der Waals surface area contributed by atoms with Crippen LogP contribution < -0.4 is 5.32 Å². The summed E-state index contributed by atoms with van der Waals surface area (Å²) in [6.07, 6.45) is 8.28. The summed E-state index contributed by atoms with van der Waals surface area (Å²) in [7, 11) is 0. The van der Waals surface area contributed by atoms with Crippen LogP contribution in [0.5, 0.6) is 0 Å². The first-order valence-corrected chi connectivity index (χ1v) is 7.65. The van der Waals surface area contributed by atoms with E-state index in [9.17, 15) is 4.39 Å². The summed E-state index contributed by atoms with van der Waals surface area (Å²) >= 11 is 0. The molecule has 0 saturated heterocycles. The molecule has 0 spiro atoms. The molecule has 0 amide bonds. The van der Waals surface area contributed by atoms with Gasteiger partial charge in [-0.15, -0.1) is 0 Å². The van der Waals surface area contributed by atoms with Crippen molar-refractivity contribution in [2.75, 3.05) is 0 Å². The predicted octanol–water partition coefficient (Wildman–Crippen LogP) is 4.58. The van der Waals surface area contributed by atoms with E-state index >= 15 is 0 Å². The van der Waals surface area contributed by atoms with E-state index in [1.807, 2.05) is 13.0 Å². The van der Waals surface area contributed by atoms with Crippen molar-refractivity contribution in [3.8, 4) is 0 Å². The van der Waals surface area contributed by atoms with Crippen LogP contribution in [0.1, 0.15) is 56.6 Å². The van der Waals surface area contributed by atoms with Gasteiger partial charge in [0.2, 0.25) is 0 Å². The Balaban J connectivity index is 1.86. The number of aryl methyl sites for hydroxylation is 1. The normalized spacial score (nSPS) is 19.1. The molecule has 1 nitrogen and oxygen atoms in total. The van der Waals surface area contributed by atoms with Crippen molar-refractivity contribution in [2.24, 2.45) is 5.92 Å². The minimum absolute atomic E-state index is 0.141. The Hall–Kier alpha value is -0.890. The number of hydrogen-bond acceptors (Lipinski definition) is 1. The number of rotatable bonds is 4. The van der Waals surface area contributed by atoms with E-state index in [1.165, 1.54) is 44.1 Å². The molecule has 2 rings (SSSR count). The van der Waals surface area contributed by atoms with Gasteiger partial charge in [0.25, 0.3) is 0 Å². The molecule has 19 heavy (non-hydrogen) atoms. The van der Waals surface area contributed by atoms with Crippen molar-refractivity contribution >= 4 is 0 Å². The number of nitrogens with one attached hydrogen (secondary N) is 1. The van der Waals surface area contributed by atoms with Crippen molar-refractivity contribution in [3.63, 3.8) is 0 Å². The van der Waals surface area contributed by atoms with E-state index in [2.05, 4.69) is 12.2 Å². The van der Waals surface area contributed by atoms with Crippen LogP contribution in [0.15, 0.2) is 18.2 Å². The number of hydrogen-bond donors (Lipinski definition) is 1.